The van der Waals surface area contributed by atoms with Crippen LogP contribution in [0.1, 0.15) is 5.56 Å². The summed E-state index contributed by atoms with van der Waals surface area (Å²) in [6.07, 6.45) is 1.73. The summed E-state index contributed by atoms with van der Waals surface area (Å²) >= 11 is 3.15. The molecule has 0 atom stereocenters. The first-order chi connectivity index (χ1) is 9.96. The number of nitrogens with one attached hydrogen (secondary N) is 1. The van der Waals surface area contributed by atoms with Gasteiger partial charge in [0.15, 0.2) is 5.16 Å². The summed E-state index contributed by atoms with van der Waals surface area (Å²) in [6, 6.07) is 6.14. The molecule has 0 aliphatic carbocycles. The summed E-state index contributed by atoms with van der Waals surface area (Å²) in [7, 11) is 0. The van der Waals surface area contributed by atoms with Gasteiger partial charge in [-0.3, -0.25) is 14.9 Å². The monoisotopic (exact) mass is 414 g/mol. The van der Waals surface area contributed by atoms with E-state index in [0.717, 1.165) is 0 Å². The zero-order valence-electron chi connectivity index (χ0n) is 10.6. The number of rotatable bonds is 3. The molecule has 0 radical (unpaired) electrons. The van der Waals surface area contributed by atoms with Gasteiger partial charge < -0.3 is 4.98 Å². The summed E-state index contributed by atoms with van der Waals surface area (Å²) < 4.78 is 0.619. The Balaban J connectivity index is 2.78. The molecule has 0 aliphatic rings. The van der Waals surface area contributed by atoms with E-state index in [1.807, 2.05) is 22.6 Å². The third-order valence-corrected chi connectivity index (χ3v) is 3.77. The van der Waals surface area contributed by atoms with Gasteiger partial charge in [0.05, 0.1) is 10.6 Å². The van der Waals surface area contributed by atoms with E-state index in [-0.39, 0.29) is 16.9 Å². The van der Waals surface area contributed by atoms with E-state index in [1.165, 1.54) is 23.9 Å². The minimum atomic E-state index is -0.562. The van der Waals surface area contributed by atoms with Crippen molar-refractivity contribution in [2.24, 2.45) is 0 Å². The topological polar surface area (TPSA) is 113 Å². The SMILES string of the molecule is CSc1nc(-c2cc(I)cc([N+](=O)[O-])c2)c(C#N)c(=O)[nH]1. The van der Waals surface area contributed by atoms with Gasteiger partial charge in [-0.2, -0.15) is 5.26 Å². The highest BCUT2D eigenvalue weighted by atomic mass is 127. The van der Waals surface area contributed by atoms with Crippen LogP contribution >= 0.6 is 34.4 Å². The zero-order valence-corrected chi connectivity index (χ0v) is 13.6. The van der Waals surface area contributed by atoms with Crippen LogP contribution in [-0.4, -0.2) is 21.1 Å². The number of aromatic nitrogens is 2. The summed E-state index contributed by atoms with van der Waals surface area (Å²) in [5.74, 6) is 0. The molecule has 1 aromatic carbocycles. The number of nitro groups is 1. The molecule has 21 heavy (non-hydrogen) atoms. The number of halogens is 1. The number of nitriles is 1. The highest BCUT2D eigenvalue weighted by molar-refractivity contribution is 14.1. The Morgan fingerprint density at radius 2 is 2.19 bits per heavy atom. The molecular weight excluding hydrogens is 407 g/mol. The van der Waals surface area contributed by atoms with Gasteiger partial charge in [0, 0.05) is 21.3 Å². The van der Waals surface area contributed by atoms with Crippen molar-refractivity contribution >= 4 is 40.0 Å². The highest BCUT2D eigenvalue weighted by Crippen LogP contribution is 2.27. The van der Waals surface area contributed by atoms with Crippen molar-refractivity contribution in [3.05, 3.63) is 47.8 Å². The van der Waals surface area contributed by atoms with Crippen LogP contribution in [0.2, 0.25) is 0 Å². The molecule has 7 nitrogen and oxygen atoms in total. The van der Waals surface area contributed by atoms with Crippen molar-refractivity contribution in [1.29, 1.82) is 5.26 Å². The molecule has 1 N–H and O–H groups in total. The van der Waals surface area contributed by atoms with Crippen LogP contribution in [-0.2, 0) is 0 Å². The number of non-ortho nitro benzene ring substituents is 1. The lowest BCUT2D eigenvalue weighted by Crippen LogP contribution is -2.14. The van der Waals surface area contributed by atoms with Crippen LogP contribution in [0.25, 0.3) is 11.3 Å². The minimum absolute atomic E-state index is 0.117. The fourth-order valence-corrected chi connectivity index (χ4v) is 2.71. The Morgan fingerprint density at radius 1 is 1.48 bits per heavy atom. The Hall–Kier alpha value is -1.93. The van der Waals surface area contributed by atoms with Gasteiger partial charge in [-0.15, -0.1) is 0 Å². The number of nitro benzene ring substituents is 1. The smallest absolute Gasteiger partial charge is 0.271 e. The molecule has 0 spiro atoms. The molecule has 0 amide bonds. The second kappa shape index (κ2) is 6.23. The second-order valence-corrected chi connectivity index (χ2v) is 5.91. The summed E-state index contributed by atoms with van der Waals surface area (Å²) in [5, 5.41) is 20.4. The number of benzene rings is 1. The lowest BCUT2D eigenvalue weighted by atomic mass is 10.1. The van der Waals surface area contributed by atoms with Gasteiger partial charge in [-0.1, -0.05) is 11.8 Å². The van der Waals surface area contributed by atoms with E-state index in [0.29, 0.717) is 14.3 Å². The number of H-pyrrole nitrogens is 1. The van der Waals surface area contributed by atoms with Gasteiger partial charge in [-0.05, 0) is 34.9 Å². The highest BCUT2D eigenvalue weighted by Gasteiger charge is 2.17. The number of thioether (sulfide) groups is 1. The van der Waals surface area contributed by atoms with E-state index in [1.54, 1.807) is 18.4 Å². The van der Waals surface area contributed by atoms with Gasteiger partial charge in [0.2, 0.25) is 0 Å². The first kappa shape index (κ1) is 15.5. The maximum Gasteiger partial charge on any atom is 0.271 e. The van der Waals surface area contributed by atoms with Crippen LogP contribution in [0, 0.1) is 25.0 Å². The van der Waals surface area contributed by atoms with E-state index in [2.05, 4.69) is 9.97 Å². The molecule has 0 unspecified atom stereocenters. The predicted molar refractivity (Wildman–Crippen MR) is 86.2 cm³/mol. The molecule has 0 aliphatic heterocycles. The average Bonchev–Trinajstić information content (AvgIpc) is 2.45. The molecule has 0 saturated heterocycles. The molecule has 2 rings (SSSR count). The molecule has 0 saturated carbocycles. The van der Waals surface area contributed by atoms with E-state index >= 15 is 0 Å². The Labute approximate surface area is 136 Å². The average molecular weight is 414 g/mol. The summed E-state index contributed by atoms with van der Waals surface area (Å²) in [6.45, 7) is 0. The third kappa shape index (κ3) is 3.22. The predicted octanol–water partition coefficient (Wildman–Crippen LogP) is 2.54. The normalized spacial score (nSPS) is 10.1. The van der Waals surface area contributed by atoms with Crippen molar-refractivity contribution in [3.63, 3.8) is 0 Å². The van der Waals surface area contributed by atoms with E-state index in [9.17, 15) is 14.9 Å². The lowest BCUT2D eigenvalue weighted by Gasteiger charge is -2.06. The van der Waals surface area contributed by atoms with Crippen molar-refractivity contribution < 1.29 is 4.92 Å². The Bertz CT molecular complexity index is 828. The number of nitrogens with zero attached hydrogens (tertiary/aromatic N) is 3. The fraction of sp³-hybridized carbons (Fsp3) is 0.0833. The van der Waals surface area contributed by atoms with Crippen molar-refractivity contribution in [3.8, 4) is 17.3 Å². The Morgan fingerprint density at radius 3 is 2.76 bits per heavy atom. The molecule has 2 aromatic rings. The van der Waals surface area contributed by atoms with Crippen LogP contribution in [0.15, 0.2) is 28.2 Å². The minimum Gasteiger partial charge on any atom is -0.300 e. The standard InChI is InChI=1S/C12H7IN4O3S/c1-21-12-15-10(9(5-14)11(18)16-12)6-2-7(13)4-8(3-6)17(19)20/h2-4H,1H3,(H,15,16,18). The van der Waals surface area contributed by atoms with Crippen LogP contribution in [0.5, 0.6) is 0 Å². The molecular formula is C12H7IN4O3S. The fourth-order valence-electron chi connectivity index (χ4n) is 1.68. The van der Waals surface area contributed by atoms with Gasteiger partial charge in [-0.25, -0.2) is 4.98 Å². The van der Waals surface area contributed by atoms with Crippen molar-refractivity contribution in [2.45, 2.75) is 5.16 Å². The van der Waals surface area contributed by atoms with E-state index < -0.39 is 10.5 Å². The lowest BCUT2D eigenvalue weighted by molar-refractivity contribution is -0.384. The summed E-state index contributed by atoms with van der Waals surface area (Å²) in [5.41, 5.74) is -0.329. The van der Waals surface area contributed by atoms with Crippen molar-refractivity contribution in [2.75, 3.05) is 6.26 Å². The first-order valence-electron chi connectivity index (χ1n) is 5.50. The quantitative estimate of drug-likeness (QED) is 0.272. The number of hydrogen-bond donors (Lipinski definition) is 1. The zero-order chi connectivity index (χ0) is 15.6. The van der Waals surface area contributed by atoms with Gasteiger partial charge >= 0.3 is 0 Å². The molecule has 0 bridgehead atoms. The molecule has 0 fully saturated rings. The first-order valence-corrected chi connectivity index (χ1v) is 7.80. The third-order valence-electron chi connectivity index (χ3n) is 2.57. The largest absolute Gasteiger partial charge is 0.300 e. The number of aromatic amines is 1. The molecule has 9 heteroatoms. The van der Waals surface area contributed by atoms with Gasteiger partial charge in [0.25, 0.3) is 11.2 Å². The molecule has 1 aromatic heterocycles. The van der Waals surface area contributed by atoms with Crippen LogP contribution < -0.4 is 5.56 Å². The van der Waals surface area contributed by atoms with Gasteiger partial charge in [0.1, 0.15) is 11.6 Å². The van der Waals surface area contributed by atoms with Crippen molar-refractivity contribution in [1.82, 2.24) is 9.97 Å². The van der Waals surface area contributed by atoms with Crippen LogP contribution in [0.4, 0.5) is 5.69 Å². The Kier molecular flexibility index (Phi) is 4.59. The second-order valence-electron chi connectivity index (χ2n) is 3.87. The maximum atomic E-state index is 11.9. The molecule has 106 valence electrons. The maximum absolute atomic E-state index is 11.9. The van der Waals surface area contributed by atoms with E-state index in [4.69, 9.17) is 5.26 Å². The molecule has 1 heterocycles. The van der Waals surface area contributed by atoms with Crippen LogP contribution in [0.3, 0.4) is 0 Å². The number of hydrogen-bond acceptors (Lipinski definition) is 6. The summed E-state index contributed by atoms with van der Waals surface area (Å²) in [4.78, 5) is 28.9.